The van der Waals surface area contributed by atoms with Gasteiger partial charge in [-0.25, -0.2) is 0 Å². The molecule has 0 radical (unpaired) electrons. The predicted octanol–water partition coefficient (Wildman–Crippen LogP) is 5.90. The van der Waals surface area contributed by atoms with Gasteiger partial charge in [-0.15, -0.1) is 0 Å². The summed E-state index contributed by atoms with van der Waals surface area (Å²) < 4.78 is 11.4. The van der Waals surface area contributed by atoms with E-state index in [-0.39, 0.29) is 5.78 Å². The van der Waals surface area contributed by atoms with Gasteiger partial charge < -0.3 is 14.4 Å². The Kier molecular flexibility index (Phi) is 11.4. The Labute approximate surface area is 233 Å². The topological polar surface area (TPSA) is 65.8 Å². The van der Waals surface area contributed by atoms with E-state index in [2.05, 4.69) is 35.4 Å². The number of benzene rings is 2. The number of hydrogen-bond acceptors (Lipinski definition) is 6. The number of allylic oxidation sites excluding steroid dienone is 4. The van der Waals surface area contributed by atoms with Crippen LogP contribution in [0.15, 0.2) is 84.3 Å². The van der Waals surface area contributed by atoms with E-state index in [0.29, 0.717) is 24.7 Å². The number of nitriles is 1. The van der Waals surface area contributed by atoms with Gasteiger partial charge in [0, 0.05) is 46.1 Å². The first-order chi connectivity index (χ1) is 18.8. The summed E-state index contributed by atoms with van der Waals surface area (Å²) in [6, 6.07) is 18.0. The van der Waals surface area contributed by atoms with Gasteiger partial charge in [0.1, 0.15) is 5.75 Å². The Morgan fingerprint density at radius 3 is 2.41 bits per heavy atom. The van der Waals surface area contributed by atoms with E-state index in [1.165, 1.54) is 0 Å². The number of piperazine rings is 1. The molecule has 0 saturated carbocycles. The first kappa shape index (κ1) is 29.7. The van der Waals surface area contributed by atoms with Gasteiger partial charge in [0.25, 0.3) is 0 Å². The second-order valence-electron chi connectivity index (χ2n) is 10.1. The first-order valence-corrected chi connectivity index (χ1v) is 13.6. The van der Waals surface area contributed by atoms with Crippen molar-refractivity contribution < 1.29 is 14.3 Å². The van der Waals surface area contributed by atoms with Crippen LogP contribution in [0.4, 0.5) is 0 Å². The Bertz CT molecular complexity index is 1220. The number of hydrogen-bond donors (Lipinski definition) is 0. The highest BCUT2D eigenvalue weighted by atomic mass is 16.5. The van der Waals surface area contributed by atoms with Gasteiger partial charge in [-0.05, 0) is 54.7 Å². The number of ether oxygens (including phenoxy) is 2. The third kappa shape index (κ3) is 8.87. The molecule has 3 rings (SSSR count). The normalized spacial score (nSPS) is 15.4. The summed E-state index contributed by atoms with van der Waals surface area (Å²) in [4.78, 5) is 17.4. The molecular formula is C33H41N3O3. The van der Waals surface area contributed by atoms with Crippen LogP contribution < -0.4 is 4.74 Å². The summed E-state index contributed by atoms with van der Waals surface area (Å²) in [6.07, 6.45) is 5.71. The summed E-state index contributed by atoms with van der Waals surface area (Å²) in [5.74, 6) is 1.50. The summed E-state index contributed by atoms with van der Waals surface area (Å²) in [7, 11) is 1.65. The molecule has 1 unspecified atom stereocenters. The van der Waals surface area contributed by atoms with Gasteiger partial charge in [-0.2, -0.15) is 5.26 Å². The highest BCUT2D eigenvalue weighted by Gasteiger charge is 2.23. The van der Waals surface area contributed by atoms with Crippen LogP contribution in [-0.4, -0.2) is 55.5 Å². The molecule has 6 nitrogen and oxygen atoms in total. The molecule has 0 bridgehead atoms. The quantitative estimate of drug-likeness (QED) is 0.140. The van der Waals surface area contributed by atoms with Crippen LogP contribution in [0, 0.1) is 17.2 Å². The van der Waals surface area contributed by atoms with Crippen LogP contribution in [0.2, 0.25) is 0 Å². The Morgan fingerprint density at radius 2 is 1.79 bits per heavy atom. The van der Waals surface area contributed by atoms with Crippen LogP contribution in [0.5, 0.6) is 5.75 Å². The van der Waals surface area contributed by atoms with Crippen molar-refractivity contribution in [2.45, 2.75) is 40.2 Å². The van der Waals surface area contributed by atoms with Gasteiger partial charge in [-0.3, -0.25) is 9.69 Å². The number of ketones is 1. The molecule has 2 aromatic rings. The minimum atomic E-state index is -0.0808. The maximum absolute atomic E-state index is 12.8. The summed E-state index contributed by atoms with van der Waals surface area (Å²) in [6.45, 7) is 14.2. The molecule has 1 heterocycles. The van der Waals surface area contributed by atoms with Crippen molar-refractivity contribution in [3.8, 4) is 11.8 Å². The van der Waals surface area contributed by atoms with Crippen molar-refractivity contribution >= 4 is 5.78 Å². The van der Waals surface area contributed by atoms with Crippen LogP contribution in [0.3, 0.4) is 0 Å². The highest BCUT2D eigenvalue weighted by molar-refractivity contribution is 5.92. The molecule has 6 heteroatoms. The summed E-state index contributed by atoms with van der Waals surface area (Å²) in [5, 5.41) is 9.45. The van der Waals surface area contributed by atoms with Gasteiger partial charge in [0.05, 0.1) is 31.0 Å². The van der Waals surface area contributed by atoms with Gasteiger partial charge in [0.2, 0.25) is 0 Å². The monoisotopic (exact) mass is 527 g/mol. The first-order valence-electron chi connectivity index (χ1n) is 13.6. The number of Topliss-reactive ketones (excluding diaryl/α,β-unsaturated/α-hetero) is 1. The second kappa shape index (κ2) is 14.9. The summed E-state index contributed by atoms with van der Waals surface area (Å²) in [5.41, 5.74) is 4.86. The fourth-order valence-corrected chi connectivity index (χ4v) is 4.48. The van der Waals surface area contributed by atoms with Crippen LogP contribution in [-0.2, 0) is 22.5 Å². The average molecular weight is 528 g/mol. The molecule has 1 fully saturated rings. The van der Waals surface area contributed by atoms with E-state index < -0.39 is 0 Å². The zero-order valence-corrected chi connectivity index (χ0v) is 23.8. The SMILES string of the molecule is C=C(C)C(C)C/C=C/C(=C(/OCCc1ccc(OC)cc1)C(C)=O)N1CCN(Cc2ccccc2C#N)CC1. The van der Waals surface area contributed by atoms with E-state index in [0.717, 1.165) is 72.9 Å². The van der Waals surface area contributed by atoms with E-state index in [1.54, 1.807) is 14.0 Å². The molecule has 0 aliphatic carbocycles. The third-order valence-corrected chi connectivity index (χ3v) is 7.20. The van der Waals surface area contributed by atoms with Crippen LogP contribution in [0.1, 0.15) is 43.9 Å². The van der Waals surface area contributed by atoms with Crippen molar-refractivity contribution in [1.29, 1.82) is 5.26 Å². The average Bonchev–Trinajstić information content (AvgIpc) is 2.94. The zero-order chi connectivity index (χ0) is 28.2. The lowest BCUT2D eigenvalue weighted by Crippen LogP contribution is -2.45. The molecule has 0 N–H and O–H groups in total. The molecule has 1 aliphatic rings. The number of carbonyl (C=O) groups is 1. The van der Waals surface area contributed by atoms with Gasteiger partial charge in [-0.1, -0.05) is 55.5 Å². The van der Waals surface area contributed by atoms with Crippen molar-refractivity contribution in [2.75, 3.05) is 39.9 Å². The fraction of sp³-hybridized carbons (Fsp3) is 0.394. The Morgan fingerprint density at radius 1 is 1.10 bits per heavy atom. The van der Waals surface area contributed by atoms with Crippen molar-refractivity contribution in [3.05, 3.63) is 101 Å². The number of rotatable bonds is 13. The van der Waals surface area contributed by atoms with E-state index in [1.807, 2.05) is 61.5 Å². The third-order valence-electron chi connectivity index (χ3n) is 7.20. The fourth-order valence-electron chi connectivity index (χ4n) is 4.48. The molecule has 39 heavy (non-hydrogen) atoms. The molecule has 206 valence electrons. The standard InChI is InChI=1S/C33H41N3O3/c1-25(2)26(3)9-8-12-32(33(27(4)37)39-22-17-28-13-15-31(38-5)16-14-28)36-20-18-35(19-21-36)24-30-11-7-6-10-29(30)23-34/h6-8,10-16,26H,1,9,17-22,24H2,2-5H3/b12-8+,33-32-. The Hall–Kier alpha value is -3.82. The lowest BCUT2D eigenvalue weighted by molar-refractivity contribution is -0.117. The second-order valence-corrected chi connectivity index (χ2v) is 10.1. The van der Waals surface area contributed by atoms with Crippen molar-refractivity contribution in [3.63, 3.8) is 0 Å². The van der Waals surface area contributed by atoms with E-state index in [4.69, 9.17) is 9.47 Å². The van der Waals surface area contributed by atoms with Gasteiger partial charge in [0.15, 0.2) is 11.5 Å². The Balaban J connectivity index is 1.75. The molecule has 0 spiro atoms. The summed E-state index contributed by atoms with van der Waals surface area (Å²) >= 11 is 0. The van der Waals surface area contributed by atoms with Gasteiger partial charge >= 0.3 is 0 Å². The molecule has 1 aliphatic heterocycles. The molecular weight excluding hydrogens is 486 g/mol. The van der Waals surface area contributed by atoms with Crippen LogP contribution in [0.25, 0.3) is 0 Å². The number of nitrogens with zero attached hydrogens (tertiary/aromatic N) is 3. The van der Waals surface area contributed by atoms with Crippen molar-refractivity contribution in [2.24, 2.45) is 5.92 Å². The molecule has 2 aromatic carbocycles. The highest BCUT2D eigenvalue weighted by Crippen LogP contribution is 2.22. The minimum Gasteiger partial charge on any atom is -0.497 e. The smallest absolute Gasteiger partial charge is 0.196 e. The van der Waals surface area contributed by atoms with E-state index in [9.17, 15) is 10.1 Å². The predicted molar refractivity (Wildman–Crippen MR) is 156 cm³/mol. The van der Waals surface area contributed by atoms with Crippen molar-refractivity contribution in [1.82, 2.24) is 9.80 Å². The number of carbonyl (C=O) groups excluding carboxylic acids is 1. The molecule has 1 saturated heterocycles. The zero-order valence-electron chi connectivity index (χ0n) is 23.8. The maximum atomic E-state index is 12.8. The van der Waals surface area contributed by atoms with E-state index >= 15 is 0 Å². The minimum absolute atomic E-state index is 0.0808. The maximum Gasteiger partial charge on any atom is 0.196 e. The molecule has 0 amide bonds. The largest absolute Gasteiger partial charge is 0.497 e. The van der Waals surface area contributed by atoms with Crippen LogP contribution >= 0.6 is 0 Å². The lowest BCUT2D eigenvalue weighted by Gasteiger charge is -2.37. The lowest BCUT2D eigenvalue weighted by atomic mass is 10.00. The molecule has 1 atom stereocenters. The number of methoxy groups -OCH3 is 1. The molecule has 0 aromatic heterocycles.